The van der Waals surface area contributed by atoms with Gasteiger partial charge in [0.25, 0.3) is 0 Å². The molecule has 1 aromatic heterocycles. The van der Waals surface area contributed by atoms with Gasteiger partial charge in [0.1, 0.15) is 0 Å². The van der Waals surface area contributed by atoms with Crippen LogP contribution in [0, 0.1) is 5.41 Å². The maximum absolute atomic E-state index is 13.5. The lowest BCUT2D eigenvalue weighted by atomic mass is 9.73. The van der Waals surface area contributed by atoms with E-state index in [0.717, 1.165) is 65.1 Å². The van der Waals surface area contributed by atoms with Gasteiger partial charge in [-0.1, -0.05) is 0 Å². The Balaban J connectivity index is 1.19. The van der Waals surface area contributed by atoms with E-state index in [9.17, 15) is 13.2 Å². The maximum atomic E-state index is 13.5. The van der Waals surface area contributed by atoms with E-state index in [0.29, 0.717) is 11.7 Å². The first-order valence-corrected chi connectivity index (χ1v) is 10.5. The van der Waals surface area contributed by atoms with E-state index in [1.807, 2.05) is 0 Å². The summed E-state index contributed by atoms with van der Waals surface area (Å²) in [4.78, 5) is 6.73. The van der Waals surface area contributed by atoms with Crippen LogP contribution in [0.5, 0.6) is 0 Å². The Morgan fingerprint density at radius 3 is 2.37 bits per heavy atom. The van der Waals surface area contributed by atoms with Crippen LogP contribution in [0.25, 0.3) is 0 Å². The SMILES string of the molecule is FC(F)(F)c1nc(C2CC2)ccc1SN1CC2(C1)CN(C1CCOCC1)C2. The van der Waals surface area contributed by atoms with Gasteiger partial charge < -0.3 is 4.74 Å². The molecule has 4 heterocycles. The first-order valence-electron chi connectivity index (χ1n) is 9.75. The molecular weight excluding hydrogens is 375 g/mol. The van der Waals surface area contributed by atoms with Crippen LogP contribution in [0.3, 0.4) is 0 Å². The number of likely N-dealkylation sites (tertiary alicyclic amines) is 1. The Morgan fingerprint density at radius 1 is 1.04 bits per heavy atom. The maximum Gasteiger partial charge on any atom is 0.434 e. The van der Waals surface area contributed by atoms with E-state index in [2.05, 4.69) is 14.2 Å². The highest BCUT2D eigenvalue weighted by atomic mass is 32.2. The molecule has 4 fully saturated rings. The van der Waals surface area contributed by atoms with Crippen molar-refractivity contribution in [3.8, 4) is 0 Å². The molecule has 0 aromatic carbocycles. The summed E-state index contributed by atoms with van der Waals surface area (Å²) in [7, 11) is 0. The first-order chi connectivity index (χ1) is 12.9. The highest BCUT2D eigenvalue weighted by molar-refractivity contribution is 7.97. The largest absolute Gasteiger partial charge is 0.434 e. The van der Waals surface area contributed by atoms with Crippen molar-refractivity contribution in [1.29, 1.82) is 0 Å². The average Bonchev–Trinajstić information content (AvgIpc) is 3.41. The molecule has 0 unspecified atom stereocenters. The number of nitrogens with zero attached hydrogens (tertiary/aromatic N) is 3. The number of pyridine rings is 1. The third-order valence-electron chi connectivity index (χ3n) is 6.18. The second-order valence-electron chi connectivity index (χ2n) is 8.49. The van der Waals surface area contributed by atoms with Gasteiger partial charge in [-0.15, -0.1) is 0 Å². The van der Waals surface area contributed by atoms with Crippen molar-refractivity contribution < 1.29 is 17.9 Å². The molecule has 148 valence electrons. The lowest BCUT2D eigenvalue weighted by Crippen LogP contribution is -2.72. The quantitative estimate of drug-likeness (QED) is 0.719. The van der Waals surface area contributed by atoms with Crippen molar-refractivity contribution in [2.24, 2.45) is 5.41 Å². The molecule has 1 aromatic rings. The van der Waals surface area contributed by atoms with Crippen molar-refractivity contribution in [2.45, 2.75) is 48.7 Å². The van der Waals surface area contributed by atoms with Crippen molar-refractivity contribution in [2.75, 3.05) is 39.4 Å². The van der Waals surface area contributed by atoms with Crippen LogP contribution in [-0.4, -0.2) is 59.6 Å². The van der Waals surface area contributed by atoms with Crippen LogP contribution >= 0.6 is 11.9 Å². The molecule has 0 N–H and O–H groups in total. The molecule has 27 heavy (non-hydrogen) atoms. The van der Waals surface area contributed by atoms with Crippen molar-refractivity contribution in [3.05, 3.63) is 23.5 Å². The zero-order chi connectivity index (χ0) is 18.6. The van der Waals surface area contributed by atoms with Crippen LogP contribution < -0.4 is 0 Å². The zero-order valence-electron chi connectivity index (χ0n) is 15.2. The number of rotatable bonds is 4. The van der Waals surface area contributed by atoms with Crippen molar-refractivity contribution in [1.82, 2.24) is 14.2 Å². The lowest BCUT2D eigenvalue weighted by Gasteiger charge is -2.62. The molecule has 0 atom stereocenters. The average molecular weight is 399 g/mol. The van der Waals surface area contributed by atoms with E-state index in [-0.39, 0.29) is 16.2 Å². The summed E-state index contributed by atoms with van der Waals surface area (Å²) >= 11 is 1.23. The Bertz CT molecular complexity index is 705. The summed E-state index contributed by atoms with van der Waals surface area (Å²) in [5, 5.41) is 0. The second kappa shape index (κ2) is 6.61. The Hall–Kier alpha value is -0.830. The molecule has 3 aliphatic heterocycles. The third-order valence-corrected chi connectivity index (χ3v) is 7.22. The lowest BCUT2D eigenvalue weighted by molar-refractivity contribution is -0.143. The summed E-state index contributed by atoms with van der Waals surface area (Å²) in [6.07, 6.45) is -0.290. The van der Waals surface area contributed by atoms with Gasteiger partial charge in [0.15, 0.2) is 5.69 Å². The highest BCUT2D eigenvalue weighted by Crippen LogP contribution is 2.48. The second-order valence-corrected chi connectivity index (χ2v) is 9.63. The van der Waals surface area contributed by atoms with E-state index in [4.69, 9.17) is 4.74 Å². The molecule has 1 saturated carbocycles. The zero-order valence-corrected chi connectivity index (χ0v) is 16.0. The summed E-state index contributed by atoms with van der Waals surface area (Å²) in [5.41, 5.74) is 0.165. The number of alkyl halides is 3. The number of halogens is 3. The monoisotopic (exact) mass is 399 g/mol. The summed E-state index contributed by atoms with van der Waals surface area (Å²) in [5.74, 6) is 0.226. The fourth-order valence-corrected chi connectivity index (χ4v) is 5.91. The fourth-order valence-electron chi connectivity index (χ4n) is 4.57. The van der Waals surface area contributed by atoms with Crippen LogP contribution in [0.4, 0.5) is 13.2 Å². The van der Waals surface area contributed by atoms with Gasteiger partial charge in [-0.25, -0.2) is 9.29 Å². The third kappa shape index (κ3) is 3.61. The van der Waals surface area contributed by atoms with Crippen LogP contribution in [-0.2, 0) is 10.9 Å². The van der Waals surface area contributed by atoms with E-state index in [1.165, 1.54) is 11.9 Å². The van der Waals surface area contributed by atoms with E-state index >= 15 is 0 Å². The molecular formula is C19H24F3N3OS. The minimum absolute atomic E-state index is 0.226. The molecule has 5 rings (SSSR count). The highest BCUT2D eigenvalue weighted by Gasteiger charge is 2.53. The van der Waals surface area contributed by atoms with Crippen LogP contribution in [0.1, 0.15) is 43.0 Å². The summed E-state index contributed by atoms with van der Waals surface area (Å²) < 4.78 is 47.9. The summed E-state index contributed by atoms with van der Waals surface area (Å²) in [6.45, 7) is 5.55. The normalized spacial score (nSPS) is 26.8. The number of aromatic nitrogens is 1. The first kappa shape index (κ1) is 18.2. The number of hydrogen-bond donors (Lipinski definition) is 0. The minimum Gasteiger partial charge on any atom is -0.381 e. The van der Waals surface area contributed by atoms with Gasteiger partial charge in [0, 0.05) is 62.5 Å². The van der Waals surface area contributed by atoms with Gasteiger partial charge in [-0.2, -0.15) is 13.2 Å². The molecule has 0 radical (unpaired) electrons. The standard InChI is InChI=1S/C19H24F3N3OS/c20-19(21,22)17-16(4-3-15(23-17)13-1-2-13)27-25-11-18(12-25)9-24(10-18)14-5-7-26-8-6-14/h3-4,13-14H,1-2,5-12H2. The topological polar surface area (TPSA) is 28.6 Å². The molecule has 4 aliphatic rings. The van der Waals surface area contributed by atoms with Gasteiger partial charge in [0.2, 0.25) is 0 Å². The van der Waals surface area contributed by atoms with E-state index in [1.54, 1.807) is 12.1 Å². The Kier molecular flexibility index (Phi) is 4.46. The molecule has 1 spiro atoms. The van der Waals surface area contributed by atoms with Crippen molar-refractivity contribution >= 4 is 11.9 Å². The molecule has 4 nitrogen and oxygen atoms in total. The number of hydrogen-bond acceptors (Lipinski definition) is 5. The molecule has 8 heteroatoms. The van der Waals surface area contributed by atoms with Crippen molar-refractivity contribution in [3.63, 3.8) is 0 Å². The van der Waals surface area contributed by atoms with Gasteiger partial charge in [-0.05, 0) is 49.8 Å². The van der Waals surface area contributed by atoms with Crippen LogP contribution in [0.2, 0.25) is 0 Å². The molecule has 0 bridgehead atoms. The van der Waals surface area contributed by atoms with Gasteiger partial charge in [-0.3, -0.25) is 4.90 Å². The molecule has 3 saturated heterocycles. The number of ether oxygens (including phenoxy) is 1. The van der Waals surface area contributed by atoms with E-state index < -0.39 is 11.9 Å². The summed E-state index contributed by atoms with van der Waals surface area (Å²) in [6, 6.07) is 4.03. The molecule has 0 amide bonds. The Labute approximate surface area is 161 Å². The smallest absolute Gasteiger partial charge is 0.381 e. The molecule has 1 aliphatic carbocycles. The fraction of sp³-hybridized carbons (Fsp3) is 0.737. The van der Waals surface area contributed by atoms with Gasteiger partial charge in [0.05, 0.1) is 4.90 Å². The Morgan fingerprint density at radius 2 is 1.74 bits per heavy atom. The van der Waals surface area contributed by atoms with Gasteiger partial charge >= 0.3 is 6.18 Å². The minimum atomic E-state index is -4.40. The predicted octanol–water partition coefficient (Wildman–Crippen LogP) is 3.78. The predicted molar refractivity (Wildman–Crippen MR) is 96.5 cm³/mol. The van der Waals surface area contributed by atoms with Crippen LogP contribution in [0.15, 0.2) is 17.0 Å².